The molecule has 26 heavy (non-hydrogen) atoms. The van der Waals surface area contributed by atoms with Gasteiger partial charge in [0.1, 0.15) is 15.7 Å². The first-order valence-corrected chi connectivity index (χ1v) is 10.5. The van der Waals surface area contributed by atoms with Gasteiger partial charge >= 0.3 is 0 Å². The number of aromatic nitrogens is 2. The van der Waals surface area contributed by atoms with Crippen LogP contribution in [0.5, 0.6) is 0 Å². The molecular weight excluding hydrogens is 362 g/mol. The lowest BCUT2D eigenvalue weighted by molar-refractivity contribution is -0.117. The molecule has 1 aromatic carbocycles. The largest absolute Gasteiger partial charge is 0.311 e. The SMILES string of the molecule is Cc1nc(S[C@H](C)C(=O)N2CCc3ccccc32)c2c(C)c(C)sc2n1. The zero-order chi connectivity index (χ0) is 18.4. The molecular formula is C20H21N3OS2. The van der Waals surface area contributed by atoms with E-state index in [4.69, 9.17) is 0 Å². The van der Waals surface area contributed by atoms with E-state index in [2.05, 4.69) is 29.9 Å². The molecule has 1 atom stereocenters. The highest BCUT2D eigenvalue weighted by atomic mass is 32.2. The van der Waals surface area contributed by atoms with E-state index in [1.807, 2.05) is 36.9 Å². The fourth-order valence-corrected chi connectivity index (χ4v) is 5.66. The van der Waals surface area contributed by atoms with Crippen molar-refractivity contribution in [3.63, 3.8) is 0 Å². The van der Waals surface area contributed by atoms with Gasteiger partial charge in [0.2, 0.25) is 5.91 Å². The Kier molecular flexibility index (Phi) is 4.49. The fraction of sp³-hybridized carbons (Fsp3) is 0.350. The summed E-state index contributed by atoms with van der Waals surface area (Å²) in [6.07, 6.45) is 0.930. The van der Waals surface area contributed by atoms with Crippen LogP contribution in [0.3, 0.4) is 0 Å². The Bertz CT molecular complexity index is 1010. The molecule has 0 radical (unpaired) electrons. The van der Waals surface area contributed by atoms with Gasteiger partial charge in [-0.1, -0.05) is 30.0 Å². The minimum Gasteiger partial charge on any atom is -0.311 e. The molecule has 1 aliphatic rings. The normalized spacial score (nSPS) is 14.7. The molecule has 0 N–H and O–H groups in total. The molecule has 3 aromatic rings. The zero-order valence-electron chi connectivity index (χ0n) is 15.4. The average molecular weight is 384 g/mol. The van der Waals surface area contributed by atoms with Crippen molar-refractivity contribution < 1.29 is 4.79 Å². The minimum absolute atomic E-state index is 0.147. The maximum absolute atomic E-state index is 13.1. The lowest BCUT2D eigenvalue weighted by Gasteiger charge is -2.21. The predicted molar refractivity (Wildman–Crippen MR) is 109 cm³/mol. The van der Waals surface area contributed by atoms with E-state index >= 15 is 0 Å². The van der Waals surface area contributed by atoms with Gasteiger partial charge in [-0.25, -0.2) is 9.97 Å². The highest BCUT2D eigenvalue weighted by Gasteiger charge is 2.29. The number of fused-ring (bicyclic) bond motifs is 2. The van der Waals surface area contributed by atoms with Gasteiger partial charge in [0.05, 0.1) is 5.25 Å². The number of carbonyl (C=O) groups is 1. The van der Waals surface area contributed by atoms with Crippen LogP contribution >= 0.6 is 23.1 Å². The van der Waals surface area contributed by atoms with Crippen LogP contribution in [-0.2, 0) is 11.2 Å². The lowest BCUT2D eigenvalue weighted by atomic mass is 10.2. The molecule has 0 spiro atoms. The van der Waals surface area contributed by atoms with E-state index in [1.54, 1.807) is 23.1 Å². The standard InChI is InChI=1S/C20H21N3OS2/c1-11-12(2)25-18-17(11)19(22-14(4)21-18)26-13(3)20(24)23-10-9-15-7-5-6-8-16(15)23/h5-8,13H,9-10H2,1-4H3/t13-/m1/s1. The first-order chi connectivity index (χ1) is 12.5. The summed E-state index contributed by atoms with van der Waals surface area (Å²) >= 11 is 3.25. The number of anilines is 1. The van der Waals surface area contributed by atoms with Crippen molar-refractivity contribution >= 4 is 44.9 Å². The highest BCUT2D eigenvalue weighted by molar-refractivity contribution is 8.00. The van der Waals surface area contributed by atoms with Crippen LogP contribution in [0, 0.1) is 20.8 Å². The molecule has 4 rings (SSSR count). The summed E-state index contributed by atoms with van der Waals surface area (Å²) in [5.74, 6) is 0.904. The smallest absolute Gasteiger partial charge is 0.240 e. The van der Waals surface area contributed by atoms with E-state index in [1.165, 1.54) is 16.0 Å². The molecule has 6 heteroatoms. The van der Waals surface area contributed by atoms with E-state index in [9.17, 15) is 4.79 Å². The number of amides is 1. The Morgan fingerprint density at radius 2 is 2.00 bits per heavy atom. The summed E-state index contributed by atoms with van der Waals surface area (Å²) < 4.78 is 0. The molecule has 0 unspecified atom stereocenters. The molecule has 4 nitrogen and oxygen atoms in total. The second-order valence-electron chi connectivity index (χ2n) is 6.67. The summed E-state index contributed by atoms with van der Waals surface area (Å²) in [7, 11) is 0. The summed E-state index contributed by atoms with van der Waals surface area (Å²) in [5, 5.41) is 1.82. The summed E-state index contributed by atoms with van der Waals surface area (Å²) in [6.45, 7) is 8.88. The van der Waals surface area contributed by atoms with E-state index < -0.39 is 0 Å². The van der Waals surface area contributed by atoms with Gasteiger partial charge < -0.3 is 4.90 Å². The third kappa shape index (κ3) is 2.91. The Labute approximate surface area is 161 Å². The molecule has 1 aliphatic heterocycles. The molecule has 134 valence electrons. The lowest BCUT2D eigenvalue weighted by Crippen LogP contribution is -2.35. The van der Waals surface area contributed by atoms with E-state index in [0.717, 1.165) is 39.7 Å². The van der Waals surface area contributed by atoms with Crippen LogP contribution in [0.2, 0.25) is 0 Å². The summed E-state index contributed by atoms with van der Waals surface area (Å²) in [6, 6.07) is 8.18. The number of para-hydroxylation sites is 1. The second-order valence-corrected chi connectivity index (χ2v) is 9.20. The molecule has 0 aliphatic carbocycles. The number of thioether (sulfide) groups is 1. The first kappa shape index (κ1) is 17.5. The quantitative estimate of drug-likeness (QED) is 0.486. The Morgan fingerprint density at radius 3 is 2.81 bits per heavy atom. The molecule has 2 aromatic heterocycles. The minimum atomic E-state index is -0.196. The van der Waals surface area contributed by atoms with Crippen LogP contribution in [0.25, 0.3) is 10.2 Å². The molecule has 0 saturated heterocycles. The van der Waals surface area contributed by atoms with E-state index in [-0.39, 0.29) is 11.2 Å². The van der Waals surface area contributed by atoms with Crippen molar-refractivity contribution in [2.24, 2.45) is 0 Å². The van der Waals surface area contributed by atoms with Gasteiger partial charge in [0.15, 0.2) is 0 Å². The van der Waals surface area contributed by atoms with Gasteiger partial charge in [-0.15, -0.1) is 11.3 Å². The van der Waals surface area contributed by atoms with Crippen molar-refractivity contribution in [2.45, 2.75) is 44.4 Å². The number of aryl methyl sites for hydroxylation is 3. The van der Waals surface area contributed by atoms with Gasteiger partial charge in [0.25, 0.3) is 0 Å². The number of carbonyl (C=O) groups excluding carboxylic acids is 1. The Morgan fingerprint density at radius 1 is 1.23 bits per heavy atom. The van der Waals surface area contributed by atoms with Crippen LogP contribution in [0.1, 0.15) is 28.8 Å². The number of rotatable bonds is 3. The highest BCUT2D eigenvalue weighted by Crippen LogP contribution is 2.37. The van der Waals surface area contributed by atoms with Crippen molar-refractivity contribution in [1.29, 1.82) is 0 Å². The number of hydrogen-bond acceptors (Lipinski definition) is 5. The molecule has 0 bridgehead atoms. The molecule has 1 amide bonds. The number of nitrogens with zero attached hydrogens (tertiary/aromatic N) is 3. The van der Waals surface area contributed by atoms with Crippen LogP contribution < -0.4 is 4.90 Å². The maximum atomic E-state index is 13.1. The first-order valence-electron chi connectivity index (χ1n) is 8.76. The number of hydrogen-bond donors (Lipinski definition) is 0. The third-order valence-electron chi connectivity index (χ3n) is 4.90. The monoisotopic (exact) mass is 383 g/mol. The molecule has 0 saturated carbocycles. The Hall–Kier alpha value is -1.92. The fourth-order valence-electron chi connectivity index (χ4n) is 3.40. The summed E-state index contributed by atoms with van der Waals surface area (Å²) in [5.41, 5.74) is 3.53. The van der Waals surface area contributed by atoms with Gasteiger partial charge in [-0.2, -0.15) is 0 Å². The second kappa shape index (κ2) is 6.67. The molecule has 0 fully saturated rings. The van der Waals surface area contributed by atoms with Crippen LogP contribution in [0.4, 0.5) is 5.69 Å². The predicted octanol–water partition coefficient (Wildman–Crippen LogP) is 4.69. The zero-order valence-corrected chi connectivity index (χ0v) is 17.0. The average Bonchev–Trinajstić information content (AvgIpc) is 3.15. The number of thiophene rings is 1. The topological polar surface area (TPSA) is 46.1 Å². The van der Waals surface area contributed by atoms with Gasteiger partial charge in [-0.05, 0) is 51.3 Å². The maximum Gasteiger partial charge on any atom is 0.240 e. The van der Waals surface area contributed by atoms with Gasteiger partial charge in [0, 0.05) is 22.5 Å². The van der Waals surface area contributed by atoms with E-state index in [0.29, 0.717) is 0 Å². The molecule has 3 heterocycles. The number of benzene rings is 1. The van der Waals surface area contributed by atoms with Crippen LogP contribution in [-0.4, -0.2) is 27.7 Å². The van der Waals surface area contributed by atoms with Crippen molar-refractivity contribution in [3.8, 4) is 0 Å². The van der Waals surface area contributed by atoms with Crippen molar-refractivity contribution in [2.75, 3.05) is 11.4 Å². The third-order valence-corrected chi connectivity index (χ3v) is 7.07. The van der Waals surface area contributed by atoms with Crippen molar-refractivity contribution in [3.05, 3.63) is 46.1 Å². The summed E-state index contributed by atoms with van der Waals surface area (Å²) in [4.78, 5) is 26.5. The van der Waals surface area contributed by atoms with Gasteiger partial charge in [-0.3, -0.25) is 4.79 Å². The van der Waals surface area contributed by atoms with Crippen molar-refractivity contribution in [1.82, 2.24) is 9.97 Å². The Balaban J connectivity index is 1.64. The van der Waals surface area contributed by atoms with Crippen LogP contribution in [0.15, 0.2) is 29.3 Å².